The van der Waals surface area contributed by atoms with Crippen LogP contribution in [0.25, 0.3) is 0 Å². The quantitative estimate of drug-likeness (QED) is 0.394. The van der Waals surface area contributed by atoms with Crippen LogP contribution in [-0.2, 0) is 9.53 Å². The first-order valence-electron chi connectivity index (χ1n) is 8.55. The van der Waals surface area contributed by atoms with Crippen molar-refractivity contribution in [2.24, 2.45) is 0 Å². The van der Waals surface area contributed by atoms with Crippen molar-refractivity contribution in [1.29, 1.82) is 0 Å². The van der Waals surface area contributed by atoms with Crippen molar-refractivity contribution in [1.82, 2.24) is 4.90 Å². The predicted octanol–water partition coefficient (Wildman–Crippen LogP) is 3.34. The van der Waals surface area contributed by atoms with Gasteiger partial charge in [0.15, 0.2) is 0 Å². The summed E-state index contributed by atoms with van der Waals surface area (Å²) >= 11 is 5.79. The van der Waals surface area contributed by atoms with E-state index in [-0.39, 0.29) is 31.4 Å². The zero-order valence-electron chi connectivity index (χ0n) is 14.5. The number of benzene rings is 2. The summed E-state index contributed by atoms with van der Waals surface area (Å²) in [5.41, 5.74) is 0.765. The fraction of sp³-hybridized carbons (Fsp3) is 0.250. The number of halogens is 1. The van der Waals surface area contributed by atoms with Crippen LogP contribution in [0, 0.1) is 0 Å². The highest BCUT2D eigenvalue weighted by molar-refractivity contribution is 6.30. The average molecular weight is 388 g/mol. The van der Waals surface area contributed by atoms with Crippen molar-refractivity contribution >= 4 is 29.4 Å². The van der Waals surface area contributed by atoms with Crippen LogP contribution in [0.4, 0.5) is 0 Å². The van der Waals surface area contributed by atoms with Gasteiger partial charge in [0, 0.05) is 11.4 Å². The second kappa shape index (κ2) is 8.68. The number of esters is 1. The van der Waals surface area contributed by atoms with E-state index >= 15 is 0 Å². The minimum atomic E-state index is -0.397. The summed E-state index contributed by atoms with van der Waals surface area (Å²) in [7, 11) is 0. The van der Waals surface area contributed by atoms with Crippen LogP contribution >= 0.6 is 11.6 Å². The Kier molecular flexibility index (Phi) is 6.08. The number of rotatable bonds is 8. The second-order valence-corrected chi connectivity index (χ2v) is 6.37. The van der Waals surface area contributed by atoms with Gasteiger partial charge in [-0.3, -0.25) is 19.3 Å². The summed E-state index contributed by atoms with van der Waals surface area (Å²) in [5.74, 6) is -0.435. The van der Waals surface area contributed by atoms with Gasteiger partial charge in [-0.1, -0.05) is 23.7 Å². The number of hydrogen-bond donors (Lipinski definition) is 0. The smallest absolute Gasteiger partial charge is 0.305 e. The van der Waals surface area contributed by atoms with E-state index in [1.807, 2.05) is 0 Å². The number of fused-ring (bicyclic) bond motifs is 1. The number of amides is 2. The van der Waals surface area contributed by atoms with E-state index in [9.17, 15) is 14.4 Å². The van der Waals surface area contributed by atoms with Gasteiger partial charge in [-0.15, -0.1) is 0 Å². The minimum absolute atomic E-state index is 0.0255. The standard InChI is InChI=1S/C20H18ClNO5/c21-14-7-9-15(10-8-14)26-12-3-6-18(23)27-13-11-22-19(24)16-4-1-2-5-17(16)20(22)25/h1-2,4-5,7-10H,3,6,11-13H2. The van der Waals surface area contributed by atoms with Crippen LogP contribution in [0.1, 0.15) is 33.6 Å². The van der Waals surface area contributed by atoms with Gasteiger partial charge in [0.2, 0.25) is 0 Å². The lowest BCUT2D eigenvalue weighted by molar-refractivity contribution is -0.144. The van der Waals surface area contributed by atoms with Crippen LogP contribution in [-0.4, -0.2) is 42.4 Å². The highest BCUT2D eigenvalue weighted by Crippen LogP contribution is 2.22. The van der Waals surface area contributed by atoms with E-state index in [0.717, 1.165) is 4.90 Å². The maximum Gasteiger partial charge on any atom is 0.305 e. The molecule has 0 unspecified atom stereocenters. The molecule has 0 spiro atoms. The Labute approximate surface area is 161 Å². The second-order valence-electron chi connectivity index (χ2n) is 5.93. The Morgan fingerprint density at radius 2 is 1.56 bits per heavy atom. The Morgan fingerprint density at radius 3 is 2.19 bits per heavy atom. The molecular formula is C20H18ClNO5. The SMILES string of the molecule is O=C(CCCOc1ccc(Cl)cc1)OCCN1C(=O)c2ccccc2C1=O. The Balaban J connectivity index is 1.35. The lowest BCUT2D eigenvalue weighted by Crippen LogP contribution is -2.33. The number of hydrogen-bond acceptors (Lipinski definition) is 5. The van der Waals surface area contributed by atoms with Crippen molar-refractivity contribution in [3.8, 4) is 5.75 Å². The number of carbonyl (C=O) groups excluding carboxylic acids is 3. The first-order chi connectivity index (χ1) is 13.1. The van der Waals surface area contributed by atoms with Crippen molar-refractivity contribution in [3.63, 3.8) is 0 Å². The zero-order valence-corrected chi connectivity index (χ0v) is 15.3. The van der Waals surface area contributed by atoms with Gasteiger partial charge in [-0.05, 0) is 42.8 Å². The monoisotopic (exact) mass is 387 g/mol. The van der Waals surface area contributed by atoms with Crippen LogP contribution in [0.15, 0.2) is 48.5 Å². The van der Waals surface area contributed by atoms with Gasteiger partial charge in [0.05, 0.1) is 24.3 Å². The molecule has 0 bridgehead atoms. The molecule has 1 aliphatic heterocycles. The average Bonchev–Trinajstić information content (AvgIpc) is 2.92. The minimum Gasteiger partial charge on any atom is -0.494 e. The third kappa shape index (κ3) is 4.65. The van der Waals surface area contributed by atoms with Crippen molar-refractivity contribution < 1.29 is 23.9 Å². The first-order valence-corrected chi connectivity index (χ1v) is 8.93. The molecule has 0 N–H and O–H groups in total. The molecule has 1 aliphatic rings. The molecule has 0 radical (unpaired) electrons. The molecule has 6 nitrogen and oxygen atoms in total. The van der Waals surface area contributed by atoms with E-state index in [1.54, 1.807) is 48.5 Å². The van der Waals surface area contributed by atoms with Crippen molar-refractivity contribution in [2.75, 3.05) is 19.8 Å². The summed E-state index contributed by atoms with van der Waals surface area (Å²) in [6.07, 6.45) is 0.685. The third-order valence-electron chi connectivity index (χ3n) is 4.06. The molecule has 7 heteroatoms. The first kappa shape index (κ1) is 18.9. The third-order valence-corrected chi connectivity index (χ3v) is 4.32. The van der Waals surface area contributed by atoms with Gasteiger partial charge < -0.3 is 9.47 Å². The molecular weight excluding hydrogens is 370 g/mol. The van der Waals surface area contributed by atoms with Crippen LogP contribution in [0.2, 0.25) is 5.02 Å². The van der Waals surface area contributed by atoms with Gasteiger partial charge in [0.25, 0.3) is 11.8 Å². The molecule has 0 saturated carbocycles. The van der Waals surface area contributed by atoms with E-state index < -0.39 is 5.97 Å². The van der Waals surface area contributed by atoms with Crippen molar-refractivity contribution in [3.05, 3.63) is 64.7 Å². The van der Waals surface area contributed by atoms with E-state index in [1.165, 1.54) is 0 Å². The number of imide groups is 1. The maximum absolute atomic E-state index is 12.2. The summed E-state index contributed by atoms with van der Waals surface area (Å²) in [5, 5.41) is 0.629. The fourth-order valence-electron chi connectivity index (χ4n) is 2.70. The predicted molar refractivity (Wildman–Crippen MR) is 98.9 cm³/mol. The van der Waals surface area contributed by atoms with E-state index in [2.05, 4.69) is 0 Å². The number of nitrogens with zero attached hydrogens (tertiary/aromatic N) is 1. The fourth-order valence-corrected chi connectivity index (χ4v) is 2.83. The number of ether oxygens (including phenoxy) is 2. The largest absolute Gasteiger partial charge is 0.494 e. The zero-order chi connectivity index (χ0) is 19.2. The van der Waals surface area contributed by atoms with E-state index in [0.29, 0.717) is 34.9 Å². The highest BCUT2D eigenvalue weighted by Gasteiger charge is 2.34. The van der Waals surface area contributed by atoms with Gasteiger partial charge >= 0.3 is 5.97 Å². The van der Waals surface area contributed by atoms with Crippen LogP contribution in [0.5, 0.6) is 5.75 Å². The summed E-state index contributed by atoms with van der Waals surface area (Å²) < 4.78 is 10.6. The Hall–Kier alpha value is -2.86. The molecule has 2 amide bonds. The molecule has 140 valence electrons. The van der Waals surface area contributed by atoms with Gasteiger partial charge in [-0.25, -0.2) is 0 Å². The van der Waals surface area contributed by atoms with E-state index in [4.69, 9.17) is 21.1 Å². The summed E-state index contributed by atoms with van der Waals surface area (Å²) in [6.45, 7) is 0.386. The molecule has 0 saturated heterocycles. The lowest BCUT2D eigenvalue weighted by atomic mass is 10.1. The molecule has 2 aromatic carbocycles. The summed E-state index contributed by atoms with van der Waals surface area (Å²) in [4.78, 5) is 37.2. The molecule has 27 heavy (non-hydrogen) atoms. The summed E-state index contributed by atoms with van der Waals surface area (Å²) in [6, 6.07) is 13.6. The Bertz CT molecular complexity index is 815. The molecule has 1 heterocycles. The van der Waals surface area contributed by atoms with Crippen molar-refractivity contribution in [2.45, 2.75) is 12.8 Å². The maximum atomic E-state index is 12.2. The van der Waals surface area contributed by atoms with Gasteiger partial charge in [0.1, 0.15) is 12.4 Å². The normalized spacial score (nSPS) is 12.9. The van der Waals surface area contributed by atoms with Crippen LogP contribution in [0.3, 0.4) is 0 Å². The lowest BCUT2D eigenvalue weighted by Gasteiger charge is -2.13. The molecule has 0 atom stereocenters. The molecule has 0 fully saturated rings. The highest BCUT2D eigenvalue weighted by atomic mass is 35.5. The van der Waals surface area contributed by atoms with Crippen LogP contribution < -0.4 is 4.74 Å². The Morgan fingerprint density at radius 1 is 0.926 bits per heavy atom. The molecule has 3 rings (SSSR count). The number of carbonyl (C=O) groups is 3. The van der Waals surface area contributed by atoms with Gasteiger partial charge in [-0.2, -0.15) is 0 Å². The topological polar surface area (TPSA) is 72.9 Å². The molecule has 0 aliphatic carbocycles. The molecule has 0 aromatic heterocycles. The molecule has 2 aromatic rings.